The van der Waals surface area contributed by atoms with Crippen molar-refractivity contribution in [2.75, 3.05) is 37.4 Å². The highest BCUT2D eigenvalue weighted by atomic mass is 35.5. The lowest BCUT2D eigenvalue weighted by Crippen LogP contribution is -2.35. The van der Waals surface area contributed by atoms with E-state index in [1.807, 2.05) is 40.8 Å². The van der Waals surface area contributed by atoms with Gasteiger partial charge >= 0.3 is 0 Å². The fourth-order valence-corrected chi connectivity index (χ4v) is 4.35. The van der Waals surface area contributed by atoms with Crippen LogP contribution in [0.4, 0.5) is 16.2 Å². The molecule has 40 heavy (non-hydrogen) atoms. The normalized spacial score (nSPS) is 11.0. The third-order valence-electron chi connectivity index (χ3n) is 6.49. The van der Waals surface area contributed by atoms with E-state index < -0.39 is 0 Å². The average Bonchev–Trinajstić information content (AvgIpc) is 3.39. The summed E-state index contributed by atoms with van der Waals surface area (Å²) in [5, 5.41) is 4.00. The molecule has 11 heteroatoms. The van der Waals surface area contributed by atoms with E-state index >= 15 is 0 Å². The van der Waals surface area contributed by atoms with Crippen LogP contribution in [0.3, 0.4) is 0 Å². The number of likely N-dealkylation sites (N-methyl/N-ethyl adjacent to an activating group) is 2. The van der Waals surface area contributed by atoms with Gasteiger partial charge in [-0.1, -0.05) is 41.9 Å². The largest absolute Gasteiger partial charge is 0.364 e. The number of hydrogen-bond donors (Lipinski definition) is 1. The molecule has 0 spiro atoms. The highest BCUT2D eigenvalue weighted by Crippen LogP contribution is 2.25. The van der Waals surface area contributed by atoms with E-state index in [0.29, 0.717) is 59.7 Å². The number of rotatable bonds is 10. The SMILES string of the molecule is CN(CCN(C)c1nc(NCc2ccc(F)cc2)c2ncn(Cc3ccccc3Cl)c2n1)C(=O)c1cccnc1. The standard InChI is InChI=1S/C29H28ClFN8O/c1-37(28(40)21-7-5-13-32-17-21)14-15-38(2)29-35-26(33-16-20-9-11-23(31)12-10-20)25-27(36-29)39(19-34-25)18-22-6-3-4-8-24(22)30/h3-13,17,19H,14-16,18H2,1-2H3,(H,33,35,36). The van der Waals surface area contributed by atoms with Crippen LogP contribution in [0.5, 0.6) is 0 Å². The van der Waals surface area contributed by atoms with Gasteiger partial charge < -0.3 is 19.7 Å². The zero-order valence-corrected chi connectivity index (χ0v) is 22.9. The minimum atomic E-state index is -0.289. The maximum Gasteiger partial charge on any atom is 0.255 e. The molecule has 0 atom stereocenters. The molecule has 0 aliphatic carbocycles. The van der Waals surface area contributed by atoms with Crippen LogP contribution < -0.4 is 10.2 Å². The molecule has 5 aromatic rings. The number of carbonyl (C=O) groups is 1. The number of amides is 1. The van der Waals surface area contributed by atoms with Gasteiger partial charge in [-0.3, -0.25) is 9.78 Å². The predicted octanol–water partition coefficient (Wildman–Crippen LogP) is 4.88. The number of halogens is 2. The Balaban J connectivity index is 1.41. The van der Waals surface area contributed by atoms with Crippen LogP contribution in [0, 0.1) is 5.82 Å². The highest BCUT2D eigenvalue weighted by molar-refractivity contribution is 6.31. The highest BCUT2D eigenvalue weighted by Gasteiger charge is 2.18. The first kappa shape index (κ1) is 27.0. The van der Waals surface area contributed by atoms with Gasteiger partial charge in [0.05, 0.1) is 18.4 Å². The topological polar surface area (TPSA) is 92.1 Å². The molecule has 9 nitrogen and oxygen atoms in total. The van der Waals surface area contributed by atoms with Crippen molar-refractivity contribution < 1.29 is 9.18 Å². The van der Waals surface area contributed by atoms with E-state index in [-0.39, 0.29) is 11.7 Å². The fraction of sp³-hybridized carbons (Fsp3) is 0.207. The summed E-state index contributed by atoms with van der Waals surface area (Å²) in [5.74, 6) is 0.617. The Hall–Kier alpha value is -4.57. The Labute approximate surface area is 236 Å². The van der Waals surface area contributed by atoms with Crippen LogP contribution >= 0.6 is 11.6 Å². The predicted molar refractivity (Wildman–Crippen MR) is 154 cm³/mol. The van der Waals surface area contributed by atoms with Crippen molar-refractivity contribution in [1.82, 2.24) is 29.4 Å². The molecule has 204 valence electrons. The first-order valence-electron chi connectivity index (χ1n) is 12.7. The maximum absolute atomic E-state index is 13.4. The summed E-state index contributed by atoms with van der Waals surface area (Å²) in [6.07, 6.45) is 4.91. The molecule has 0 saturated heterocycles. The minimum absolute atomic E-state index is 0.114. The van der Waals surface area contributed by atoms with Gasteiger partial charge in [-0.05, 0) is 41.5 Å². The van der Waals surface area contributed by atoms with Gasteiger partial charge in [0, 0.05) is 51.1 Å². The summed E-state index contributed by atoms with van der Waals surface area (Å²) in [6.45, 7) is 1.85. The van der Waals surface area contributed by atoms with Gasteiger partial charge in [0.25, 0.3) is 5.91 Å². The number of aromatic nitrogens is 5. The molecule has 0 radical (unpaired) electrons. The number of anilines is 2. The van der Waals surface area contributed by atoms with E-state index in [2.05, 4.69) is 15.3 Å². The van der Waals surface area contributed by atoms with E-state index in [0.717, 1.165) is 11.1 Å². The molecule has 0 fully saturated rings. The van der Waals surface area contributed by atoms with Crippen LogP contribution in [0.1, 0.15) is 21.5 Å². The van der Waals surface area contributed by atoms with Crippen molar-refractivity contribution in [3.05, 3.63) is 107 Å². The Kier molecular flexibility index (Phi) is 8.16. The summed E-state index contributed by atoms with van der Waals surface area (Å²) in [4.78, 5) is 34.5. The molecule has 0 unspecified atom stereocenters. The molecule has 1 N–H and O–H groups in total. The molecule has 0 aliphatic heterocycles. The maximum atomic E-state index is 13.4. The fourth-order valence-electron chi connectivity index (χ4n) is 4.15. The Bertz CT molecular complexity index is 1610. The van der Waals surface area contributed by atoms with Crippen molar-refractivity contribution >= 4 is 40.4 Å². The molecule has 0 saturated carbocycles. The average molecular weight is 559 g/mol. The Morgan fingerprint density at radius 3 is 2.58 bits per heavy atom. The number of imidazole rings is 1. The number of pyridine rings is 1. The van der Waals surface area contributed by atoms with Gasteiger partial charge in [0.15, 0.2) is 17.0 Å². The van der Waals surface area contributed by atoms with Gasteiger partial charge in [-0.15, -0.1) is 0 Å². The zero-order chi connectivity index (χ0) is 28.1. The lowest BCUT2D eigenvalue weighted by atomic mass is 10.2. The van der Waals surface area contributed by atoms with Crippen LogP contribution in [-0.4, -0.2) is 62.5 Å². The first-order chi connectivity index (χ1) is 19.4. The van der Waals surface area contributed by atoms with E-state index in [1.54, 1.807) is 54.9 Å². The summed E-state index contributed by atoms with van der Waals surface area (Å²) in [5.41, 5.74) is 3.61. The van der Waals surface area contributed by atoms with Crippen molar-refractivity contribution in [2.24, 2.45) is 0 Å². The van der Waals surface area contributed by atoms with Crippen molar-refractivity contribution in [1.29, 1.82) is 0 Å². The number of carbonyl (C=O) groups excluding carboxylic acids is 1. The number of nitrogens with zero attached hydrogens (tertiary/aromatic N) is 7. The lowest BCUT2D eigenvalue weighted by Gasteiger charge is -2.23. The molecule has 0 aliphatic rings. The second-order valence-electron chi connectivity index (χ2n) is 9.38. The summed E-state index contributed by atoms with van der Waals surface area (Å²) in [6, 6.07) is 17.4. The number of fused-ring (bicyclic) bond motifs is 1. The van der Waals surface area contributed by atoms with Gasteiger partial charge in [0.2, 0.25) is 5.95 Å². The van der Waals surface area contributed by atoms with Crippen LogP contribution in [-0.2, 0) is 13.1 Å². The van der Waals surface area contributed by atoms with E-state index in [4.69, 9.17) is 21.6 Å². The number of nitrogens with one attached hydrogen (secondary N) is 1. The third-order valence-corrected chi connectivity index (χ3v) is 6.86. The second kappa shape index (κ2) is 12.1. The third kappa shape index (κ3) is 6.18. The zero-order valence-electron chi connectivity index (χ0n) is 22.1. The smallest absolute Gasteiger partial charge is 0.255 e. The lowest BCUT2D eigenvalue weighted by molar-refractivity contribution is 0.0798. The van der Waals surface area contributed by atoms with Crippen molar-refractivity contribution in [2.45, 2.75) is 13.1 Å². The number of benzene rings is 2. The molecule has 5 rings (SSSR count). The van der Waals surface area contributed by atoms with E-state index in [9.17, 15) is 9.18 Å². The summed E-state index contributed by atoms with van der Waals surface area (Å²) >= 11 is 6.42. The Morgan fingerprint density at radius 1 is 1.02 bits per heavy atom. The quantitative estimate of drug-likeness (QED) is 0.261. The monoisotopic (exact) mass is 558 g/mol. The molecule has 0 bridgehead atoms. The molecular weight excluding hydrogens is 531 g/mol. The van der Waals surface area contributed by atoms with Gasteiger partial charge in [-0.25, -0.2) is 9.37 Å². The van der Waals surface area contributed by atoms with E-state index in [1.165, 1.54) is 12.1 Å². The molecule has 3 aromatic heterocycles. The summed E-state index contributed by atoms with van der Waals surface area (Å²) in [7, 11) is 3.63. The van der Waals surface area contributed by atoms with Crippen LogP contribution in [0.25, 0.3) is 11.2 Å². The van der Waals surface area contributed by atoms with Crippen LogP contribution in [0.2, 0.25) is 5.02 Å². The molecule has 1 amide bonds. The molecular formula is C29H28ClFN8O. The van der Waals surface area contributed by atoms with Crippen molar-refractivity contribution in [3.8, 4) is 0 Å². The van der Waals surface area contributed by atoms with Gasteiger partial charge in [-0.2, -0.15) is 9.97 Å². The second-order valence-corrected chi connectivity index (χ2v) is 9.79. The Morgan fingerprint density at radius 2 is 1.82 bits per heavy atom. The minimum Gasteiger partial charge on any atom is -0.364 e. The number of hydrogen-bond acceptors (Lipinski definition) is 7. The molecule has 3 heterocycles. The molecule has 2 aromatic carbocycles. The summed E-state index contributed by atoms with van der Waals surface area (Å²) < 4.78 is 15.3. The van der Waals surface area contributed by atoms with Gasteiger partial charge in [0.1, 0.15) is 5.82 Å². The van der Waals surface area contributed by atoms with Crippen LogP contribution in [0.15, 0.2) is 79.4 Å². The van der Waals surface area contributed by atoms with Crippen molar-refractivity contribution in [3.63, 3.8) is 0 Å². The first-order valence-corrected chi connectivity index (χ1v) is 13.1.